The van der Waals surface area contributed by atoms with Crippen LogP contribution in [0.1, 0.15) is 23.1 Å². The van der Waals surface area contributed by atoms with Crippen LogP contribution in [0.4, 0.5) is 0 Å². The van der Waals surface area contributed by atoms with Crippen LogP contribution in [0.25, 0.3) is 0 Å². The van der Waals surface area contributed by atoms with E-state index in [0.717, 1.165) is 5.69 Å². The fraction of sp³-hybridized carbons (Fsp3) is 0.455. The van der Waals surface area contributed by atoms with Gasteiger partial charge in [-0.15, -0.1) is 0 Å². The molecule has 1 aromatic heterocycles. The Bertz CT molecular complexity index is 418. The van der Waals surface area contributed by atoms with E-state index in [1.807, 2.05) is 13.8 Å². The number of aromatic nitrogens is 2. The normalized spacial score (nSPS) is 11.9. The standard InChI is InChI=1S/C11H16N4OS/c1-7(10(12)17)6-15(3)11(16)9-5-13-8(2)4-14-9/h4-5,7H,6H2,1-3H3,(H2,12,17). The SMILES string of the molecule is Cc1cnc(C(=O)N(C)CC(C)C(N)=S)cn1. The molecule has 1 atom stereocenters. The predicted octanol–water partition coefficient (Wildman–Crippen LogP) is 0.779. The molecule has 1 heterocycles. The molecule has 0 saturated carbocycles. The van der Waals surface area contributed by atoms with Crippen molar-refractivity contribution in [2.75, 3.05) is 13.6 Å². The summed E-state index contributed by atoms with van der Waals surface area (Å²) in [5.74, 6) is -0.196. The highest BCUT2D eigenvalue weighted by Crippen LogP contribution is 2.03. The first-order chi connectivity index (χ1) is 7.91. The molecule has 5 nitrogen and oxygen atoms in total. The van der Waals surface area contributed by atoms with Gasteiger partial charge in [-0.3, -0.25) is 9.78 Å². The van der Waals surface area contributed by atoms with E-state index in [1.54, 1.807) is 18.1 Å². The largest absolute Gasteiger partial charge is 0.393 e. The Balaban J connectivity index is 2.70. The minimum Gasteiger partial charge on any atom is -0.393 e. The Labute approximate surface area is 106 Å². The first kappa shape index (κ1) is 13.5. The fourth-order valence-electron chi connectivity index (χ4n) is 1.28. The molecule has 17 heavy (non-hydrogen) atoms. The highest BCUT2D eigenvalue weighted by molar-refractivity contribution is 7.80. The number of rotatable bonds is 4. The molecule has 92 valence electrons. The Kier molecular flexibility index (Phi) is 4.51. The van der Waals surface area contributed by atoms with E-state index in [2.05, 4.69) is 9.97 Å². The zero-order chi connectivity index (χ0) is 13.0. The van der Waals surface area contributed by atoms with Crippen molar-refractivity contribution >= 4 is 23.1 Å². The van der Waals surface area contributed by atoms with Gasteiger partial charge in [0.05, 0.1) is 16.9 Å². The molecule has 0 saturated heterocycles. The van der Waals surface area contributed by atoms with Crippen LogP contribution in [0, 0.1) is 12.8 Å². The number of thiocarbonyl (C=S) groups is 1. The number of hydrogen-bond acceptors (Lipinski definition) is 4. The molecule has 6 heteroatoms. The lowest BCUT2D eigenvalue weighted by Crippen LogP contribution is -2.35. The number of hydrogen-bond donors (Lipinski definition) is 1. The van der Waals surface area contributed by atoms with Crippen LogP contribution in [0.15, 0.2) is 12.4 Å². The van der Waals surface area contributed by atoms with Crippen molar-refractivity contribution < 1.29 is 4.79 Å². The maximum Gasteiger partial charge on any atom is 0.273 e. The van der Waals surface area contributed by atoms with Crippen LogP contribution in [0.5, 0.6) is 0 Å². The minimum atomic E-state index is -0.180. The molecule has 0 aliphatic rings. The van der Waals surface area contributed by atoms with E-state index < -0.39 is 0 Å². The summed E-state index contributed by atoms with van der Waals surface area (Å²) in [6, 6.07) is 0. The Morgan fingerprint density at radius 2 is 2.18 bits per heavy atom. The second-order valence-electron chi connectivity index (χ2n) is 4.03. The first-order valence-corrected chi connectivity index (χ1v) is 5.66. The van der Waals surface area contributed by atoms with E-state index in [1.165, 1.54) is 6.20 Å². The highest BCUT2D eigenvalue weighted by atomic mass is 32.1. The van der Waals surface area contributed by atoms with Gasteiger partial charge in [-0.2, -0.15) is 0 Å². The molecular formula is C11H16N4OS. The van der Waals surface area contributed by atoms with Crippen LogP contribution in [-0.4, -0.2) is 39.4 Å². The van der Waals surface area contributed by atoms with Crippen LogP contribution in [0.3, 0.4) is 0 Å². The van der Waals surface area contributed by atoms with Gasteiger partial charge in [0.15, 0.2) is 0 Å². The molecule has 0 radical (unpaired) electrons. The second kappa shape index (κ2) is 5.67. The molecule has 2 N–H and O–H groups in total. The van der Waals surface area contributed by atoms with Crippen molar-refractivity contribution in [1.82, 2.24) is 14.9 Å². The molecule has 0 aromatic carbocycles. The number of nitrogens with two attached hydrogens (primary N) is 1. The predicted molar refractivity (Wildman–Crippen MR) is 69.7 cm³/mol. The van der Waals surface area contributed by atoms with Crippen molar-refractivity contribution in [3.05, 3.63) is 23.8 Å². The first-order valence-electron chi connectivity index (χ1n) is 5.25. The number of nitrogens with zero attached hydrogens (tertiary/aromatic N) is 3. The van der Waals surface area contributed by atoms with Crippen LogP contribution in [-0.2, 0) is 0 Å². The van der Waals surface area contributed by atoms with Crippen molar-refractivity contribution in [3.8, 4) is 0 Å². The Morgan fingerprint density at radius 3 is 2.65 bits per heavy atom. The van der Waals surface area contributed by atoms with E-state index in [-0.39, 0.29) is 11.8 Å². The third-order valence-corrected chi connectivity index (χ3v) is 2.78. The van der Waals surface area contributed by atoms with E-state index in [0.29, 0.717) is 17.2 Å². The molecule has 0 bridgehead atoms. The lowest BCUT2D eigenvalue weighted by atomic mass is 10.1. The molecule has 1 rings (SSSR count). The number of amides is 1. The van der Waals surface area contributed by atoms with E-state index in [9.17, 15) is 4.79 Å². The quantitative estimate of drug-likeness (QED) is 0.802. The smallest absolute Gasteiger partial charge is 0.273 e. The molecule has 0 fully saturated rings. The zero-order valence-electron chi connectivity index (χ0n) is 10.2. The average Bonchev–Trinajstić information content (AvgIpc) is 2.28. The average molecular weight is 252 g/mol. The Morgan fingerprint density at radius 1 is 1.53 bits per heavy atom. The highest BCUT2D eigenvalue weighted by Gasteiger charge is 2.16. The number of carbonyl (C=O) groups is 1. The van der Waals surface area contributed by atoms with Gasteiger partial charge in [-0.25, -0.2) is 4.98 Å². The summed E-state index contributed by atoms with van der Waals surface area (Å²) < 4.78 is 0. The van der Waals surface area contributed by atoms with Gasteiger partial charge in [-0.05, 0) is 6.92 Å². The number of aryl methyl sites for hydroxylation is 1. The topological polar surface area (TPSA) is 72.1 Å². The van der Waals surface area contributed by atoms with Crippen molar-refractivity contribution in [1.29, 1.82) is 0 Å². The third-order valence-electron chi connectivity index (χ3n) is 2.38. The number of carbonyl (C=O) groups excluding carboxylic acids is 1. The molecule has 0 aliphatic heterocycles. The van der Waals surface area contributed by atoms with E-state index in [4.69, 9.17) is 18.0 Å². The van der Waals surface area contributed by atoms with E-state index >= 15 is 0 Å². The lowest BCUT2D eigenvalue weighted by Gasteiger charge is -2.20. The summed E-state index contributed by atoms with van der Waals surface area (Å²) in [5, 5.41) is 0. The van der Waals surface area contributed by atoms with Gasteiger partial charge in [0, 0.05) is 25.7 Å². The summed E-state index contributed by atoms with van der Waals surface area (Å²) >= 11 is 4.87. The van der Waals surface area contributed by atoms with Crippen molar-refractivity contribution in [3.63, 3.8) is 0 Å². The lowest BCUT2D eigenvalue weighted by molar-refractivity contribution is 0.0780. The van der Waals surface area contributed by atoms with Crippen LogP contribution >= 0.6 is 12.2 Å². The van der Waals surface area contributed by atoms with Gasteiger partial charge in [0.1, 0.15) is 5.69 Å². The third kappa shape index (κ3) is 3.74. The van der Waals surface area contributed by atoms with Gasteiger partial charge in [-0.1, -0.05) is 19.1 Å². The molecule has 1 amide bonds. The molecule has 1 aromatic rings. The minimum absolute atomic E-state index is 0.0163. The zero-order valence-corrected chi connectivity index (χ0v) is 11.0. The molecule has 0 aliphatic carbocycles. The molecule has 1 unspecified atom stereocenters. The summed E-state index contributed by atoms with van der Waals surface area (Å²) in [5.41, 5.74) is 6.61. The van der Waals surface area contributed by atoms with Gasteiger partial charge < -0.3 is 10.6 Å². The molecular weight excluding hydrogens is 236 g/mol. The van der Waals surface area contributed by atoms with Gasteiger partial charge in [0.25, 0.3) is 5.91 Å². The van der Waals surface area contributed by atoms with Crippen molar-refractivity contribution in [2.24, 2.45) is 11.7 Å². The second-order valence-corrected chi connectivity index (χ2v) is 4.50. The van der Waals surface area contributed by atoms with Gasteiger partial charge >= 0.3 is 0 Å². The maximum absolute atomic E-state index is 12.0. The maximum atomic E-state index is 12.0. The van der Waals surface area contributed by atoms with Gasteiger partial charge in [0.2, 0.25) is 0 Å². The molecule has 0 spiro atoms. The fourth-order valence-corrected chi connectivity index (χ4v) is 1.36. The summed E-state index contributed by atoms with van der Waals surface area (Å²) in [6.07, 6.45) is 3.04. The van der Waals surface area contributed by atoms with Crippen LogP contribution in [0.2, 0.25) is 0 Å². The summed E-state index contributed by atoms with van der Waals surface area (Å²) in [7, 11) is 1.69. The Hall–Kier alpha value is -1.56. The summed E-state index contributed by atoms with van der Waals surface area (Å²) in [6.45, 7) is 4.18. The summed E-state index contributed by atoms with van der Waals surface area (Å²) in [4.78, 5) is 22.0. The van der Waals surface area contributed by atoms with Crippen molar-refractivity contribution in [2.45, 2.75) is 13.8 Å². The van der Waals surface area contributed by atoms with Crippen LogP contribution < -0.4 is 5.73 Å². The monoisotopic (exact) mass is 252 g/mol.